The number of amides is 1. The fraction of sp³-hybridized carbons (Fsp3) is 0.167. The molecule has 3 N–H and O–H groups in total. The van der Waals surface area contributed by atoms with Crippen LogP contribution in [0.15, 0.2) is 29.4 Å². The molecule has 0 bridgehead atoms. The molecule has 1 amide bonds. The molecule has 0 aliphatic rings. The minimum Gasteiger partial charge on any atom is -0.368 e. The van der Waals surface area contributed by atoms with Gasteiger partial charge in [-0.25, -0.2) is 0 Å². The number of hydrogen-bond acceptors (Lipinski definition) is 6. The second-order valence-electron chi connectivity index (χ2n) is 3.93. The van der Waals surface area contributed by atoms with E-state index in [4.69, 9.17) is 11.0 Å². The van der Waals surface area contributed by atoms with E-state index in [0.717, 1.165) is 0 Å². The monoisotopic (exact) mass is 288 g/mol. The molecule has 8 heteroatoms. The highest BCUT2D eigenvalue weighted by Crippen LogP contribution is 2.17. The zero-order chi connectivity index (χ0) is 14.5. The number of nitrogens with two attached hydrogens (primary N) is 1. The maximum atomic E-state index is 11.8. The van der Waals surface area contributed by atoms with Crippen molar-refractivity contribution < 1.29 is 4.79 Å². The summed E-state index contributed by atoms with van der Waals surface area (Å²) in [6.07, 6.45) is 0. The lowest BCUT2D eigenvalue weighted by atomic mass is 10.2. The molecule has 2 rings (SSSR count). The molecule has 1 aromatic carbocycles. The maximum absolute atomic E-state index is 11.8. The number of nitrogens with one attached hydrogen (secondary N) is 1. The summed E-state index contributed by atoms with van der Waals surface area (Å²) >= 11 is 1.24. The average molecular weight is 288 g/mol. The third kappa shape index (κ3) is 3.27. The van der Waals surface area contributed by atoms with Crippen LogP contribution >= 0.6 is 11.8 Å². The maximum Gasteiger partial charge on any atom is 0.234 e. The molecule has 1 aromatic heterocycles. The lowest BCUT2D eigenvalue weighted by molar-refractivity contribution is -0.113. The number of nitrogen functional groups attached to an aromatic ring is 1. The van der Waals surface area contributed by atoms with Crippen molar-refractivity contribution in [2.75, 3.05) is 16.8 Å². The molecule has 0 aliphatic carbocycles. The number of aromatic nitrogens is 3. The molecular formula is C12H12N6OS. The molecule has 0 radical (unpaired) electrons. The van der Waals surface area contributed by atoms with E-state index in [1.165, 1.54) is 11.8 Å². The molecule has 2 aromatic rings. The van der Waals surface area contributed by atoms with Crippen molar-refractivity contribution in [1.82, 2.24) is 14.8 Å². The molecule has 102 valence electrons. The molecule has 0 unspecified atom stereocenters. The Balaban J connectivity index is 1.93. The van der Waals surface area contributed by atoms with E-state index in [-0.39, 0.29) is 11.7 Å². The van der Waals surface area contributed by atoms with Crippen LogP contribution in [0.3, 0.4) is 0 Å². The Morgan fingerprint density at radius 1 is 1.55 bits per heavy atom. The first-order valence-electron chi connectivity index (χ1n) is 5.68. The number of anilines is 2. The Morgan fingerprint density at radius 3 is 3.00 bits per heavy atom. The minimum absolute atomic E-state index is 0.183. The van der Waals surface area contributed by atoms with Crippen LogP contribution in [0.4, 0.5) is 11.6 Å². The molecule has 0 saturated carbocycles. The van der Waals surface area contributed by atoms with Gasteiger partial charge in [-0.1, -0.05) is 17.8 Å². The molecule has 0 spiro atoms. The van der Waals surface area contributed by atoms with Crippen LogP contribution in [0.25, 0.3) is 0 Å². The number of carbonyl (C=O) groups excluding carboxylic acids is 1. The van der Waals surface area contributed by atoms with E-state index >= 15 is 0 Å². The van der Waals surface area contributed by atoms with Crippen molar-refractivity contribution in [2.45, 2.75) is 5.16 Å². The smallest absolute Gasteiger partial charge is 0.234 e. The number of rotatable bonds is 4. The highest BCUT2D eigenvalue weighted by Gasteiger charge is 2.09. The second kappa shape index (κ2) is 6.08. The summed E-state index contributed by atoms with van der Waals surface area (Å²) in [4.78, 5) is 11.8. The number of nitrogens with zero attached hydrogens (tertiary/aromatic N) is 4. The van der Waals surface area contributed by atoms with Gasteiger partial charge < -0.3 is 11.1 Å². The van der Waals surface area contributed by atoms with Gasteiger partial charge >= 0.3 is 0 Å². The molecule has 0 aliphatic heterocycles. The summed E-state index contributed by atoms with van der Waals surface area (Å²) < 4.78 is 1.61. The van der Waals surface area contributed by atoms with E-state index in [1.54, 1.807) is 35.9 Å². The van der Waals surface area contributed by atoms with Crippen molar-refractivity contribution in [3.63, 3.8) is 0 Å². The Morgan fingerprint density at radius 2 is 2.35 bits per heavy atom. The first kappa shape index (κ1) is 13.9. The summed E-state index contributed by atoms with van der Waals surface area (Å²) in [5.74, 6) is 0.296. The molecule has 1 heterocycles. The van der Waals surface area contributed by atoms with Gasteiger partial charge in [0.1, 0.15) is 0 Å². The minimum atomic E-state index is -0.188. The van der Waals surface area contributed by atoms with Crippen LogP contribution in [0, 0.1) is 11.3 Å². The van der Waals surface area contributed by atoms with Gasteiger partial charge in [0.05, 0.1) is 17.4 Å². The fourth-order valence-electron chi connectivity index (χ4n) is 1.45. The van der Waals surface area contributed by atoms with Crippen molar-refractivity contribution in [3.05, 3.63) is 29.8 Å². The normalized spacial score (nSPS) is 10.0. The summed E-state index contributed by atoms with van der Waals surface area (Å²) in [6.45, 7) is 0. The number of thioether (sulfide) groups is 1. The fourth-order valence-corrected chi connectivity index (χ4v) is 2.16. The molecule has 20 heavy (non-hydrogen) atoms. The van der Waals surface area contributed by atoms with Crippen LogP contribution < -0.4 is 11.1 Å². The summed E-state index contributed by atoms with van der Waals surface area (Å²) in [7, 11) is 1.73. The van der Waals surface area contributed by atoms with E-state index in [0.29, 0.717) is 22.4 Å². The van der Waals surface area contributed by atoms with Crippen molar-refractivity contribution in [1.29, 1.82) is 5.26 Å². The molecule has 0 atom stereocenters. The van der Waals surface area contributed by atoms with Gasteiger partial charge in [0, 0.05) is 12.7 Å². The summed E-state index contributed by atoms with van der Waals surface area (Å²) in [6, 6.07) is 8.74. The predicted octanol–water partition coefficient (Wildman–Crippen LogP) is 1.000. The number of nitriles is 1. The van der Waals surface area contributed by atoms with Gasteiger partial charge in [-0.2, -0.15) is 5.26 Å². The second-order valence-corrected chi connectivity index (χ2v) is 4.87. The largest absolute Gasteiger partial charge is 0.368 e. The van der Waals surface area contributed by atoms with E-state index in [9.17, 15) is 4.79 Å². The average Bonchev–Trinajstić information content (AvgIpc) is 2.77. The van der Waals surface area contributed by atoms with E-state index in [2.05, 4.69) is 15.5 Å². The Hall–Kier alpha value is -2.53. The van der Waals surface area contributed by atoms with Crippen LogP contribution in [0.1, 0.15) is 5.56 Å². The highest BCUT2D eigenvalue weighted by molar-refractivity contribution is 7.99. The van der Waals surface area contributed by atoms with Gasteiger partial charge in [-0.05, 0) is 18.2 Å². The van der Waals surface area contributed by atoms with E-state index in [1.807, 2.05) is 6.07 Å². The number of benzene rings is 1. The lowest BCUT2D eigenvalue weighted by Gasteiger charge is -2.05. The van der Waals surface area contributed by atoms with Gasteiger partial charge in [-0.3, -0.25) is 9.36 Å². The standard InChI is InChI=1S/C12H12N6OS/c1-18-11(14)16-17-12(18)20-7-10(19)15-9-4-2-3-8(5-9)6-13/h2-5H,7H2,1H3,(H2,14,16)(H,15,19). The van der Waals surface area contributed by atoms with E-state index < -0.39 is 0 Å². The third-order valence-corrected chi connectivity index (χ3v) is 3.50. The molecule has 0 fully saturated rings. The number of carbonyl (C=O) groups is 1. The van der Waals surface area contributed by atoms with Crippen LogP contribution in [0.2, 0.25) is 0 Å². The molecular weight excluding hydrogens is 276 g/mol. The first-order valence-corrected chi connectivity index (χ1v) is 6.66. The molecule has 7 nitrogen and oxygen atoms in total. The van der Waals surface area contributed by atoms with Crippen LogP contribution in [0.5, 0.6) is 0 Å². The summed E-state index contributed by atoms with van der Waals surface area (Å²) in [5, 5.41) is 19.6. The van der Waals surface area contributed by atoms with Gasteiger partial charge in [0.2, 0.25) is 11.9 Å². The summed E-state index contributed by atoms with van der Waals surface area (Å²) in [5.41, 5.74) is 6.63. The Bertz CT molecular complexity index is 675. The quantitative estimate of drug-likeness (QED) is 0.812. The lowest BCUT2D eigenvalue weighted by Crippen LogP contribution is -2.14. The van der Waals surface area contributed by atoms with Crippen LogP contribution in [-0.4, -0.2) is 26.4 Å². The Labute approximate surface area is 119 Å². The molecule has 0 saturated heterocycles. The van der Waals surface area contributed by atoms with Gasteiger partial charge in [-0.15, -0.1) is 10.2 Å². The third-order valence-electron chi connectivity index (χ3n) is 2.48. The first-order chi connectivity index (χ1) is 9.60. The number of hydrogen-bond donors (Lipinski definition) is 2. The van der Waals surface area contributed by atoms with Crippen molar-refractivity contribution >= 4 is 29.3 Å². The predicted molar refractivity (Wildman–Crippen MR) is 75.9 cm³/mol. The topological polar surface area (TPSA) is 110 Å². The zero-order valence-corrected chi connectivity index (χ0v) is 11.5. The highest BCUT2D eigenvalue weighted by atomic mass is 32.2. The van der Waals surface area contributed by atoms with Gasteiger partial charge in [0.25, 0.3) is 0 Å². The van der Waals surface area contributed by atoms with Gasteiger partial charge in [0.15, 0.2) is 5.16 Å². The van der Waals surface area contributed by atoms with Crippen molar-refractivity contribution in [2.24, 2.45) is 7.05 Å². The zero-order valence-electron chi connectivity index (χ0n) is 10.7. The SMILES string of the molecule is Cn1c(N)nnc1SCC(=O)Nc1cccc(C#N)c1. The van der Waals surface area contributed by atoms with Crippen LogP contribution in [-0.2, 0) is 11.8 Å². The van der Waals surface area contributed by atoms with Crippen molar-refractivity contribution in [3.8, 4) is 6.07 Å². The Kier molecular flexibility index (Phi) is 4.22.